The molecule has 0 unspecified atom stereocenters. The molecule has 2 heteroatoms. The minimum Gasteiger partial charge on any atom is -0.0619 e. The highest BCUT2D eigenvalue weighted by molar-refractivity contribution is 9.13. The van der Waals surface area contributed by atoms with Crippen molar-refractivity contribution in [1.29, 1.82) is 0 Å². The van der Waals surface area contributed by atoms with Gasteiger partial charge in [-0.15, -0.1) is 0 Å². The maximum Gasteiger partial charge on any atom is 0.0359 e. The number of fused-ring (bicyclic) bond motifs is 3. The lowest BCUT2D eigenvalue weighted by Crippen LogP contribution is -1.83. The van der Waals surface area contributed by atoms with Gasteiger partial charge in [0.05, 0.1) is 0 Å². The third-order valence-corrected chi connectivity index (χ3v) is 4.97. The number of benzene rings is 2. The predicted molar refractivity (Wildman–Crippen MR) is 70.1 cm³/mol. The Kier molecular flexibility index (Phi) is 2.22. The normalized spacial score (nSPS) is 12.4. The zero-order valence-corrected chi connectivity index (χ0v) is 11.1. The van der Waals surface area contributed by atoms with E-state index in [2.05, 4.69) is 68.3 Å². The van der Waals surface area contributed by atoms with E-state index >= 15 is 0 Å². The average molecular weight is 324 g/mol. The lowest BCUT2D eigenvalue weighted by molar-refractivity contribution is 1.24. The van der Waals surface area contributed by atoms with Crippen LogP contribution in [0.4, 0.5) is 0 Å². The van der Waals surface area contributed by atoms with Gasteiger partial charge >= 0.3 is 0 Å². The molecule has 0 N–H and O–H groups in total. The Hall–Kier alpha value is -0.600. The molecule has 0 atom stereocenters. The topological polar surface area (TPSA) is 0 Å². The van der Waals surface area contributed by atoms with Gasteiger partial charge in [-0.2, -0.15) is 0 Å². The molecule has 0 amide bonds. The van der Waals surface area contributed by atoms with E-state index in [4.69, 9.17) is 0 Å². The molecule has 0 fully saturated rings. The Bertz CT molecular complexity index is 544. The first-order valence-corrected chi connectivity index (χ1v) is 6.41. The van der Waals surface area contributed by atoms with E-state index in [1.165, 1.54) is 26.7 Å². The largest absolute Gasteiger partial charge is 0.0619 e. The summed E-state index contributed by atoms with van der Waals surface area (Å²) >= 11 is 7.19. The highest BCUT2D eigenvalue weighted by atomic mass is 79.9. The van der Waals surface area contributed by atoms with E-state index in [1.807, 2.05) is 0 Å². The molecule has 2 aromatic rings. The molecule has 3 rings (SSSR count). The van der Waals surface area contributed by atoms with Gasteiger partial charge in [0.25, 0.3) is 0 Å². The van der Waals surface area contributed by atoms with Crippen LogP contribution in [0.3, 0.4) is 0 Å². The summed E-state index contributed by atoms with van der Waals surface area (Å²) in [5.74, 6) is 0. The zero-order valence-electron chi connectivity index (χ0n) is 7.93. The van der Waals surface area contributed by atoms with Crippen LogP contribution in [0.2, 0.25) is 0 Å². The van der Waals surface area contributed by atoms with Crippen LogP contribution >= 0.6 is 31.9 Å². The molecule has 1 aliphatic carbocycles. The second-order valence-electron chi connectivity index (χ2n) is 3.72. The molecule has 0 saturated carbocycles. The number of hydrogen-bond donors (Lipinski definition) is 0. The predicted octanol–water partition coefficient (Wildman–Crippen LogP) is 4.78. The SMILES string of the molecule is Brc1ccc2c(c1Br)Cc1ccccc1-2. The Morgan fingerprint density at radius 2 is 1.67 bits per heavy atom. The Labute approximate surface area is 106 Å². The van der Waals surface area contributed by atoms with E-state index in [0.29, 0.717) is 0 Å². The average Bonchev–Trinajstić information content (AvgIpc) is 2.63. The molecule has 74 valence electrons. The van der Waals surface area contributed by atoms with Crippen molar-refractivity contribution in [2.24, 2.45) is 0 Å². The smallest absolute Gasteiger partial charge is 0.0359 e. The van der Waals surface area contributed by atoms with Crippen LogP contribution in [-0.4, -0.2) is 0 Å². The molecule has 0 aliphatic heterocycles. The van der Waals surface area contributed by atoms with Crippen LogP contribution in [0.5, 0.6) is 0 Å². The van der Waals surface area contributed by atoms with Gasteiger partial charge in [0.1, 0.15) is 0 Å². The van der Waals surface area contributed by atoms with Gasteiger partial charge in [0.15, 0.2) is 0 Å². The van der Waals surface area contributed by atoms with Crippen LogP contribution in [0.1, 0.15) is 11.1 Å². The van der Waals surface area contributed by atoms with Crippen LogP contribution in [0, 0.1) is 0 Å². The lowest BCUT2D eigenvalue weighted by Gasteiger charge is -2.04. The third kappa shape index (κ3) is 1.39. The molecular weight excluding hydrogens is 316 g/mol. The first kappa shape index (κ1) is 9.61. The van der Waals surface area contributed by atoms with Crippen molar-refractivity contribution < 1.29 is 0 Å². The quantitative estimate of drug-likeness (QED) is 0.558. The van der Waals surface area contributed by atoms with Gasteiger partial charge in [-0.1, -0.05) is 30.3 Å². The summed E-state index contributed by atoms with van der Waals surface area (Å²) in [4.78, 5) is 0. The summed E-state index contributed by atoms with van der Waals surface area (Å²) in [6.07, 6.45) is 1.03. The molecule has 0 aromatic heterocycles. The van der Waals surface area contributed by atoms with E-state index in [0.717, 1.165) is 10.9 Å². The van der Waals surface area contributed by atoms with Gasteiger partial charge < -0.3 is 0 Å². The Morgan fingerprint density at radius 3 is 2.53 bits per heavy atom. The van der Waals surface area contributed by atoms with E-state index in [9.17, 15) is 0 Å². The van der Waals surface area contributed by atoms with Gasteiger partial charge in [-0.3, -0.25) is 0 Å². The van der Waals surface area contributed by atoms with Crippen molar-refractivity contribution in [2.75, 3.05) is 0 Å². The number of hydrogen-bond acceptors (Lipinski definition) is 0. The van der Waals surface area contributed by atoms with E-state index in [1.54, 1.807) is 0 Å². The summed E-state index contributed by atoms with van der Waals surface area (Å²) < 4.78 is 2.32. The minimum atomic E-state index is 1.03. The van der Waals surface area contributed by atoms with Crippen molar-refractivity contribution in [1.82, 2.24) is 0 Å². The molecule has 15 heavy (non-hydrogen) atoms. The Morgan fingerprint density at radius 1 is 0.867 bits per heavy atom. The molecular formula is C13H8Br2. The van der Waals surface area contributed by atoms with Crippen molar-refractivity contribution >= 4 is 31.9 Å². The molecule has 0 nitrogen and oxygen atoms in total. The van der Waals surface area contributed by atoms with Crippen LogP contribution < -0.4 is 0 Å². The third-order valence-electron chi connectivity index (χ3n) is 2.87. The van der Waals surface area contributed by atoms with E-state index < -0.39 is 0 Å². The number of rotatable bonds is 0. The monoisotopic (exact) mass is 322 g/mol. The maximum absolute atomic E-state index is 3.64. The lowest BCUT2D eigenvalue weighted by atomic mass is 10.1. The maximum atomic E-state index is 3.64. The fraction of sp³-hybridized carbons (Fsp3) is 0.0769. The highest BCUT2D eigenvalue weighted by Crippen LogP contribution is 2.42. The fourth-order valence-corrected chi connectivity index (χ4v) is 3.00. The van der Waals surface area contributed by atoms with Crippen molar-refractivity contribution in [3.63, 3.8) is 0 Å². The molecule has 0 saturated heterocycles. The van der Waals surface area contributed by atoms with Gasteiger partial charge in [-0.05, 0) is 66.6 Å². The van der Waals surface area contributed by atoms with Crippen LogP contribution in [0.25, 0.3) is 11.1 Å². The Balaban J connectivity index is 2.31. The molecule has 1 aliphatic rings. The highest BCUT2D eigenvalue weighted by Gasteiger charge is 2.20. The standard InChI is InChI=1S/C13H8Br2/c14-12-6-5-10-9-4-2-1-3-8(9)7-11(10)13(12)15/h1-6H,7H2. The first-order valence-electron chi connectivity index (χ1n) is 4.82. The van der Waals surface area contributed by atoms with Crippen LogP contribution in [0.15, 0.2) is 45.3 Å². The fourth-order valence-electron chi connectivity index (χ4n) is 2.15. The van der Waals surface area contributed by atoms with Crippen molar-refractivity contribution in [2.45, 2.75) is 6.42 Å². The van der Waals surface area contributed by atoms with Gasteiger partial charge in [0.2, 0.25) is 0 Å². The summed E-state index contributed by atoms with van der Waals surface area (Å²) in [6.45, 7) is 0. The molecule has 2 aromatic carbocycles. The summed E-state index contributed by atoms with van der Waals surface area (Å²) in [5, 5.41) is 0. The van der Waals surface area contributed by atoms with Gasteiger partial charge in [-0.25, -0.2) is 0 Å². The second kappa shape index (κ2) is 3.46. The molecule has 0 radical (unpaired) electrons. The zero-order chi connectivity index (χ0) is 10.4. The number of halogens is 2. The minimum absolute atomic E-state index is 1.03. The molecule has 0 heterocycles. The van der Waals surface area contributed by atoms with Crippen molar-refractivity contribution in [3.05, 3.63) is 56.5 Å². The first-order chi connectivity index (χ1) is 7.27. The van der Waals surface area contributed by atoms with Crippen molar-refractivity contribution in [3.8, 4) is 11.1 Å². The van der Waals surface area contributed by atoms with E-state index in [-0.39, 0.29) is 0 Å². The molecule has 0 spiro atoms. The summed E-state index contributed by atoms with van der Waals surface area (Å²) in [7, 11) is 0. The van der Waals surface area contributed by atoms with Gasteiger partial charge in [0, 0.05) is 8.95 Å². The summed E-state index contributed by atoms with van der Waals surface area (Å²) in [6, 6.07) is 12.9. The summed E-state index contributed by atoms with van der Waals surface area (Å²) in [5.41, 5.74) is 5.55. The van der Waals surface area contributed by atoms with Crippen LogP contribution in [-0.2, 0) is 6.42 Å². The molecule has 0 bridgehead atoms. The second-order valence-corrected chi connectivity index (χ2v) is 5.37.